The molecule has 2 rings (SSSR count). The van der Waals surface area contributed by atoms with E-state index in [1.807, 2.05) is 6.92 Å². The van der Waals surface area contributed by atoms with Crippen LogP contribution in [0.25, 0.3) is 0 Å². The number of nitrogens with two attached hydrogens (primary N) is 1. The van der Waals surface area contributed by atoms with Crippen LogP contribution >= 0.6 is 24.0 Å². The van der Waals surface area contributed by atoms with Crippen molar-refractivity contribution in [2.75, 3.05) is 38.0 Å². The predicted molar refractivity (Wildman–Crippen MR) is 117 cm³/mol. The van der Waals surface area contributed by atoms with Crippen LogP contribution in [0.3, 0.4) is 0 Å². The molecule has 4 N–H and O–H groups in total. The molecule has 7 nitrogen and oxygen atoms in total. The third kappa shape index (κ3) is 8.23. The molecule has 1 aliphatic rings. The predicted octanol–water partition coefficient (Wildman–Crippen LogP) is 2.68. The Morgan fingerprint density at radius 1 is 1.45 bits per heavy atom. The minimum Gasteiger partial charge on any atom is -0.370 e. The number of aliphatic imine (C=N–C) groups is 1. The number of guanidine groups is 1. The molecule has 0 radical (unpaired) electrons. The molecule has 0 aromatic carbocycles. The Labute approximate surface area is 185 Å². The van der Waals surface area contributed by atoms with E-state index in [0.717, 1.165) is 25.5 Å². The zero-order chi connectivity index (χ0) is 20.6. The van der Waals surface area contributed by atoms with Crippen LogP contribution in [0.4, 0.5) is 19.0 Å². The van der Waals surface area contributed by atoms with Crippen molar-refractivity contribution in [2.45, 2.75) is 32.4 Å². The van der Waals surface area contributed by atoms with Crippen molar-refractivity contribution in [3.63, 3.8) is 0 Å². The molecule has 2 heterocycles. The van der Waals surface area contributed by atoms with Crippen molar-refractivity contribution in [2.24, 2.45) is 16.6 Å². The highest BCUT2D eigenvalue weighted by molar-refractivity contribution is 14.0. The van der Waals surface area contributed by atoms with Crippen molar-refractivity contribution >= 4 is 41.7 Å². The Bertz CT molecular complexity index is 686. The number of nitrogens with zero attached hydrogens (tertiary/aromatic N) is 3. The lowest BCUT2D eigenvalue weighted by atomic mass is 9.95. The zero-order valence-electron chi connectivity index (χ0n) is 16.3. The van der Waals surface area contributed by atoms with Crippen molar-refractivity contribution in [1.82, 2.24) is 15.2 Å². The van der Waals surface area contributed by atoms with Gasteiger partial charge >= 0.3 is 6.18 Å². The second-order valence-corrected chi connectivity index (χ2v) is 6.68. The molecule has 1 fully saturated rings. The van der Waals surface area contributed by atoms with Crippen LogP contribution in [0.1, 0.15) is 31.7 Å². The molecule has 1 aromatic heterocycles. The number of nitrogens with one attached hydrogen (secondary N) is 2. The van der Waals surface area contributed by atoms with E-state index >= 15 is 0 Å². The largest absolute Gasteiger partial charge is 0.419 e. The molecule has 1 saturated heterocycles. The molecule has 164 valence electrons. The van der Waals surface area contributed by atoms with Crippen molar-refractivity contribution in [3.05, 3.63) is 23.9 Å². The average Bonchev–Trinajstić information content (AvgIpc) is 2.63. The Morgan fingerprint density at radius 2 is 2.21 bits per heavy atom. The molecule has 1 amide bonds. The minimum absolute atomic E-state index is 0. The van der Waals surface area contributed by atoms with Crippen LogP contribution in [-0.4, -0.2) is 54.5 Å². The van der Waals surface area contributed by atoms with Gasteiger partial charge in [-0.2, -0.15) is 13.2 Å². The summed E-state index contributed by atoms with van der Waals surface area (Å²) in [6, 6.07) is 2.25. The Kier molecular flexibility index (Phi) is 10.5. The van der Waals surface area contributed by atoms with Crippen LogP contribution in [0.5, 0.6) is 0 Å². The SMILES string of the molecule is CCNC(=NCCNc1ncccc1C(F)(F)F)N1CCCC(CC(N)=O)C1.I. The molecule has 1 aliphatic heterocycles. The lowest BCUT2D eigenvalue weighted by Gasteiger charge is -2.34. The highest BCUT2D eigenvalue weighted by atomic mass is 127. The van der Waals surface area contributed by atoms with E-state index in [1.54, 1.807) is 0 Å². The van der Waals surface area contributed by atoms with Crippen LogP contribution in [-0.2, 0) is 11.0 Å². The molecule has 0 aliphatic carbocycles. The number of hydrogen-bond donors (Lipinski definition) is 3. The average molecular weight is 528 g/mol. The van der Waals surface area contributed by atoms with Gasteiger partial charge in [-0.3, -0.25) is 9.79 Å². The number of amides is 1. The Balaban J connectivity index is 0.00000420. The van der Waals surface area contributed by atoms with Gasteiger partial charge in [0.25, 0.3) is 0 Å². The lowest BCUT2D eigenvalue weighted by Crippen LogP contribution is -2.47. The molecule has 1 unspecified atom stereocenters. The summed E-state index contributed by atoms with van der Waals surface area (Å²) >= 11 is 0. The summed E-state index contributed by atoms with van der Waals surface area (Å²) in [5.74, 6) is 0.371. The number of alkyl halides is 3. The summed E-state index contributed by atoms with van der Waals surface area (Å²) in [7, 11) is 0. The summed E-state index contributed by atoms with van der Waals surface area (Å²) in [6.07, 6.45) is -0.920. The quantitative estimate of drug-likeness (QED) is 0.219. The third-order valence-electron chi connectivity index (χ3n) is 4.42. The topological polar surface area (TPSA) is 95.6 Å². The maximum Gasteiger partial charge on any atom is 0.419 e. The van der Waals surface area contributed by atoms with Crippen LogP contribution in [0.15, 0.2) is 23.3 Å². The molecular formula is C18H28F3IN6O. The fourth-order valence-corrected chi connectivity index (χ4v) is 3.25. The van der Waals surface area contributed by atoms with Gasteiger partial charge in [-0.15, -0.1) is 24.0 Å². The molecule has 29 heavy (non-hydrogen) atoms. The molecule has 11 heteroatoms. The maximum atomic E-state index is 13.0. The smallest absolute Gasteiger partial charge is 0.370 e. The Morgan fingerprint density at radius 3 is 2.86 bits per heavy atom. The second kappa shape index (κ2) is 12.0. The molecule has 0 spiro atoms. The minimum atomic E-state index is -4.46. The third-order valence-corrected chi connectivity index (χ3v) is 4.42. The summed E-state index contributed by atoms with van der Waals surface area (Å²) in [5, 5.41) is 5.91. The summed E-state index contributed by atoms with van der Waals surface area (Å²) in [6.45, 7) is 4.61. The van der Waals surface area contributed by atoms with Gasteiger partial charge in [0.1, 0.15) is 5.82 Å². The number of likely N-dealkylation sites (tertiary alicyclic amines) is 1. The zero-order valence-corrected chi connectivity index (χ0v) is 18.7. The first-order valence-electron chi connectivity index (χ1n) is 9.39. The monoisotopic (exact) mass is 528 g/mol. The van der Waals surface area contributed by atoms with Gasteiger partial charge in [-0.05, 0) is 37.8 Å². The van der Waals surface area contributed by atoms with E-state index < -0.39 is 11.7 Å². The fraction of sp³-hybridized carbons (Fsp3) is 0.611. The molecule has 0 bridgehead atoms. The van der Waals surface area contributed by atoms with E-state index in [2.05, 4.69) is 25.5 Å². The van der Waals surface area contributed by atoms with Crippen LogP contribution in [0.2, 0.25) is 0 Å². The van der Waals surface area contributed by atoms with E-state index in [0.29, 0.717) is 25.5 Å². The summed E-state index contributed by atoms with van der Waals surface area (Å²) in [4.78, 5) is 21.5. The van der Waals surface area contributed by atoms with E-state index in [9.17, 15) is 18.0 Å². The fourth-order valence-electron chi connectivity index (χ4n) is 3.25. The van der Waals surface area contributed by atoms with Crippen molar-refractivity contribution in [3.8, 4) is 0 Å². The molecule has 1 aromatic rings. The highest BCUT2D eigenvalue weighted by Gasteiger charge is 2.34. The van der Waals surface area contributed by atoms with Gasteiger partial charge < -0.3 is 21.3 Å². The number of halogens is 4. The van der Waals surface area contributed by atoms with Crippen LogP contribution in [0, 0.1) is 5.92 Å². The standard InChI is InChI=1S/C18H27F3N6O.HI/c1-2-23-17(27-10-4-5-13(12-27)11-15(22)28)26-9-8-25-16-14(18(19,20)21)6-3-7-24-16;/h3,6-7,13H,2,4-5,8-12H2,1H3,(H2,22,28)(H,23,26)(H,24,25);1H. The molecule has 0 saturated carbocycles. The number of aromatic nitrogens is 1. The van der Waals surface area contributed by atoms with Crippen molar-refractivity contribution < 1.29 is 18.0 Å². The number of carbonyl (C=O) groups is 1. The summed E-state index contributed by atoms with van der Waals surface area (Å²) in [5.41, 5.74) is 4.51. The number of carbonyl (C=O) groups excluding carboxylic acids is 1. The Hall–Kier alpha value is -1.79. The first-order chi connectivity index (χ1) is 13.3. The number of rotatable bonds is 7. The maximum absolute atomic E-state index is 13.0. The molecular weight excluding hydrogens is 500 g/mol. The number of pyridine rings is 1. The number of piperidine rings is 1. The van der Waals surface area contributed by atoms with Gasteiger partial charge in [-0.1, -0.05) is 0 Å². The first kappa shape index (κ1) is 25.2. The normalized spacial score (nSPS) is 17.4. The van der Waals surface area contributed by atoms with Gasteiger partial charge in [0.2, 0.25) is 5.91 Å². The number of primary amides is 1. The van der Waals surface area contributed by atoms with Gasteiger partial charge in [0.15, 0.2) is 5.96 Å². The number of hydrogen-bond acceptors (Lipinski definition) is 4. The first-order valence-corrected chi connectivity index (χ1v) is 9.39. The van der Waals surface area contributed by atoms with Gasteiger partial charge in [-0.25, -0.2) is 4.98 Å². The highest BCUT2D eigenvalue weighted by Crippen LogP contribution is 2.33. The van der Waals surface area contributed by atoms with Crippen molar-refractivity contribution in [1.29, 1.82) is 0 Å². The lowest BCUT2D eigenvalue weighted by molar-refractivity contribution is -0.137. The molecule has 1 atom stereocenters. The van der Waals surface area contributed by atoms with Gasteiger partial charge in [0, 0.05) is 38.8 Å². The van der Waals surface area contributed by atoms with Crippen LogP contribution < -0.4 is 16.4 Å². The second-order valence-electron chi connectivity index (χ2n) is 6.68. The van der Waals surface area contributed by atoms with E-state index in [1.165, 1.54) is 12.3 Å². The van der Waals surface area contributed by atoms with E-state index in [-0.39, 0.29) is 54.7 Å². The summed E-state index contributed by atoms with van der Waals surface area (Å²) < 4.78 is 39.0. The number of anilines is 1. The van der Waals surface area contributed by atoms with Gasteiger partial charge in [0.05, 0.1) is 12.1 Å². The van der Waals surface area contributed by atoms with E-state index in [4.69, 9.17) is 5.73 Å².